The monoisotopic (exact) mass is 469 g/mol. The van der Waals surface area contributed by atoms with Crippen molar-refractivity contribution in [2.24, 2.45) is 0 Å². The average molecular weight is 470 g/mol. The van der Waals surface area contributed by atoms with Crippen LogP contribution in [0.2, 0.25) is 5.02 Å². The van der Waals surface area contributed by atoms with Crippen LogP contribution in [0.15, 0.2) is 42.7 Å². The van der Waals surface area contributed by atoms with E-state index in [1.54, 1.807) is 30.3 Å². The van der Waals surface area contributed by atoms with Crippen LogP contribution in [0.4, 0.5) is 17.2 Å². The summed E-state index contributed by atoms with van der Waals surface area (Å²) in [6.45, 7) is 3.66. The lowest BCUT2D eigenvalue weighted by molar-refractivity contribution is -0.115. The molecule has 0 aliphatic rings. The fourth-order valence-electron chi connectivity index (χ4n) is 3.11. The smallest absolute Gasteiger partial charge is 0.277 e. The normalized spacial score (nSPS) is 10.7. The molecule has 10 nitrogen and oxygen atoms in total. The standard InChI is InChI=1S/C22H24ClN7O3/c1-12(2)30-20(24)18(21(32)25-3)19(29-30)22(33)28-16-9-15(10-26-11-16)27-17(31)8-13-4-6-14(23)7-5-13/h4-7,9-12H,8,24H2,1-3H3,(H,25,32)(H,27,31)(H,28,33). The molecule has 5 N–H and O–H groups in total. The zero-order chi connectivity index (χ0) is 24.1. The maximum absolute atomic E-state index is 12.9. The van der Waals surface area contributed by atoms with Gasteiger partial charge in [0.15, 0.2) is 5.69 Å². The zero-order valence-electron chi connectivity index (χ0n) is 18.3. The molecule has 0 atom stereocenters. The van der Waals surface area contributed by atoms with Gasteiger partial charge in [-0.25, -0.2) is 4.68 Å². The molecule has 0 spiro atoms. The van der Waals surface area contributed by atoms with Crippen LogP contribution in [-0.4, -0.2) is 39.5 Å². The minimum Gasteiger partial charge on any atom is -0.383 e. The molecular weight excluding hydrogens is 446 g/mol. The summed E-state index contributed by atoms with van der Waals surface area (Å²) in [6, 6.07) is 8.35. The number of nitrogens with one attached hydrogen (secondary N) is 3. The number of hydrogen-bond donors (Lipinski definition) is 4. The number of amides is 3. The molecule has 1 aromatic carbocycles. The third-order valence-corrected chi connectivity index (χ3v) is 4.92. The minimum absolute atomic E-state index is 0.0101. The Labute approximate surface area is 195 Å². The molecule has 0 radical (unpaired) electrons. The molecule has 33 heavy (non-hydrogen) atoms. The van der Waals surface area contributed by atoms with Crippen LogP contribution in [0.1, 0.15) is 46.3 Å². The van der Waals surface area contributed by atoms with Crippen molar-refractivity contribution < 1.29 is 14.4 Å². The Morgan fingerprint density at radius 2 is 1.70 bits per heavy atom. The van der Waals surface area contributed by atoms with Crippen LogP contribution < -0.4 is 21.7 Å². The van der Waals surface area contributed by atoms with E-state index in [-0.39, 0.29) is 35.4 Å². The van der Waals surface area contributed by atoms with Crippen molar-refractivity contribution in [3.8, 4) is 0 Å². The quantitative estimate of drug-likeness (QED) is 0.418. The summed E-state index contributed by atoms with van der Waals surface area (Å²) in [5, 5.41) is 12.7. The summed E-state index contributed by atoms with van der Waals surface area (Å²) in [5.74, 6) is -1.32. The molecule has 3 aromatic rings. The number of rotatable bonds is 7. The Hall–Kier alpha value is -3.92. The fourth-order valence-corrected chi connectivity index (χ4v) is 3.23. The highest BCUT2D eigenvalue weighted by Gasteiger charge is 2.27. The molecular formula is C22H24ClN7O3. The van der Waals surface area contributed by atoms with E-state index in [0.29, 0.717) is 16.4 Å². The summed E-state index contributed by atoms with van der Waals surface area (Å²) in [4.78, 5) is 41.6. The van der Waals surface area contributed by atoms with Gasteiger partial charge in [-0.2, -0.15) is 5.10 Å². The van der Waals surface area contributed by atoms with Crippen LogP contribution >= 0.6 is 11.6 Å². The van der Waals surface area contributed by atoms with Crippen LogP contribution in [-0.2, 0) is 11.2 Å². The predicted molar refractivity (Wildman–Crippen MR) is 126 cm³/mol. The van der Waals surface area contributed by atoms with E-state index in [4.69, 9.17) is 17.3 Å². The van der Waals surface area contributed by atoms with Gasteiger partial charge in [0.2, 0.25) is 5.91 Å². The summed E-state index contributed by atoms with van der Waals surface area (Å²) in [6.07, 6.45) is 3.02. The van der Waals surface area contributed by atoms with E-state index >= 15 is 0 Å². The summed E-state index contributed by atoms with van der Waals surface area (Å²) in [5.41, 5.74) is 7.44. The van der Waals surface area contributed by atoms with Gasteiger partial charge in [0, 0.05) is 18.1 Å². The first-order valence-electron chi connectivity index (χ1n) is 10.1. The zero-order valence-corrected chi connectivity index (χ0v) is 19.1. The van der Waals surface area contributed by atoms with Crippen molar-refractivity contribution in [2.45, 2.75) is 26.3 Å². The molecule has 0 saturated heterocycles. The number of aromatic nitrogens is 3. The Morgan fingerprint density at radius 1 is 1.06 bits per heavy atom. The third kappa shape index (κ3) is 5.66. The highest BCUT2D eigenvalue weighted by molar-refractivity contribution is 6.30. The van der Waals surface area contributed by atoms with E-state index in [2.05, 4.69) is 26.0 Å². The number of carbonyl (C=O) groups is 3. The van der Waals surface area contributed by atoms with Gasteiger partial charge in [0.05, 0.1) is 30.2 Å². The third-order valence-electron chi connectivity index (χ3n) is 4.66. The first-order chi connectivity index (χ1) is 15.7. The van der Waals surface area contributed by atoms with E-state index < -0.39 is 11.8 Å². The summed E-state index contributed by atoms with van der Waals surface area (Å²) < 4.78 is 1.41. The van der Waals surface area contributed by atoms with Crippen LogP contribution in [0.5, 0.6) is 0 Å². The molecule has 11 heteroatoms. The molecule has 0 aliphatic heterocycles. The highest BCUT2D eigenvalue weighted by Crippen LogP contribution is 2.22. The van der Waals surface area contributed by atoms with E-state index in [9.17, 15) is 14.4 Å². The first kappa shape index (κ1) is 23.7. The second-order valence-corrected chi connectivity index (χ2v) is 7.93. The number of pyridine rings is 1. The SMILES string of the molecule is CNC(=O)c1c(C(=O)Nc2cncc(NC(=O)Cc3ccc(Cl)cc3)c2)nn(C(C)C)c1N. The Morgan fingerprint density at radius 3 is 2.30 bits per heavy atom. The van der Waals surface area contributed by atoms with E-state index in [1.807, 2.05) is 13.8 Å². The first-order valence-corrected chi connectivity index (χ1v) is 10.5. The van der Waals surface area contributed by atoms with Gasteiger partial charge in [-0.15, -0.1) is 0 Å². The molecule has 0 unspecified atom stereocenters. The highest BCUT2D eigenvalue weighted by atomic mass is 35.5. The van der Waals surface area contributed by atoms with Gasteiger partial charge in [-0.05, 0) is 37.6 Å². The maximum Gasteiger partial charge on any atom is 0.277 e. The lowest BCUT2D eigenvalue weighted by atomic mass is 10.1. The van der Waals surface area contributed by atoms with Crippen molar-refractivity contribution in [3.05, 3.63) is 64.6 Å². The van der Waals surface area contributed by atoms with Gasteiger partial charge < -0.3 is 21.7 Å². The minimum atomic E-state index is -0.633. The topological polar surface area (TPSA) is 144 Å². The van der Waals surface area contributed by atoms with Gasteiger partial charge in [-0.3, -0.25) is 19.4 Å². The molecule has 3 rings (SSSR count). The lowest BCUT2D eigenvalue weighted by Crippen LogP contribution is -2.23. The number of nitrogens with two attached hydrogens (primary N) is 1. The second kappa shape index (κ2) is 10.1. The van der Waals surface area contributed by atoms with Crippen molar-refractivity contribution in [1.82, 2.24) is 20.1 Å². The fraction of sp³-hybridized carbons (Fsp3) is 0.227. The number of carbonyl (C=O) groups excluding carboxylic acids is 3. The van der Waals surface area contributed by atoms with Gasteiger partial charge >= 0.3 is 0 Å². The summed E-state index contributed by atoms with van der Waals surface area (Å²) in [7, 11) is 1.44. The van der Waals surface area contributed by atoms with Crippen LogP contribution in [0.25, 0.3) is 0 Å². The summed E-state index contributed by atoms with van der Waals surface area (Å²) >= 11 is 5.86. The van der Waals surface area contributed by atoms with Crippen molar-refractivity contribution >= 4 is 46.5 Å². The lowest BCUT2D eigenvalue weighted by Gasteiger charge is -2.08. The number of nitrogens with zero attached hydrogens (tertiary/aromatic N) is 3. The molecule has 0 aliphatic carbocycles. The Balaban J connectivity index is 1.75. The maximum atomic E-state index is 12.9. The largest absolute Gasteiger partial charge is 0.383 e. The number of nitrogen functional groups attached to an aromatic ring is 1. The number of halogens is 1. The predicted octanol–water partition coefficient (Wildman–Crippen LogP) is 2.89. The van der Waals surface area contributed by atoms with Gasteiger partial charge in [0.25, 0.3) is 11.8 Å². The molecule has 2 aromatic heterocycles. The van der Waals surface area contributed by atoms with E-state index in [1.165, 1.54) is 24.1 Å². The molecule has 0 bridgehead atoms. The van der Waals surface area contributed by atoms with Crippen LogP contribution in [0, 0.1) is 0 Å². The van der Waals surface area contributed by atoms with Crippen molar-refractivity contribution in [2.75, 3.05) is 23.4 Å². The van der Waals surface area contributed by atoms with Gasteiger partial charge in [0.1, 0.15) is 11.4 Å². The number of benzene rings is 1. The Bertz CT molecular complexity index is 1190. The second-order valence-electron chi connectivity index (χ2n) is 7.49. The molecule has 0 fully saturated rings. The van der Waals surface area contributed by atoms with E-state index in [0.717, 1.165) is 5.56 Å². The number of anilines is 3. The van der Waals surface area contributed by atoms with Crippen molar-refractivity contribution in [1.29, 1.82) is 0 Å². The van der Waals surface area contributed by atoms with Crippen LogP contribution in [0.3, 0.4) is 0 Å². The Kier molecular flexibility index (Phi) is 7.29. The molecule has 2 heterocycles. The van der Waals surface area contributed by atoms with Crippen molar-refractivity contribution in [3.63, 3.8) is 0 Å². The molecule has 0 saturated carbocycles. The average Bonchev–Trinajstić information content (AvgIpc) is 3.12. The molecule has 172 valence electrons. The number of hydrogen-bond acceptors (Lipinski definition) is 6. The van der Waals surface area contributed by atoms with Gasteiger partial charge in [-0.1, -0.05) is 23.7 Å². The molecule has 3 amide bonds.